The zero-order valence-corrected chi connectivity index (χ0v) is 11.4. The Balaban J connectivity index is 1.86. The quantitative estimate of drug-likeness (QED) is 0.784. The monoisotopic (exact) mass is 304 g/mol. The number of carbonyl (C=O) groups is 1. The minimum absolute atomic E-state index is 0.00719. The molecule has 2 nitrogen and oxygen atoms in total. The molecule has 0 N–H and O–H groups in total. The number of hydrogen-bond donors (Lipinski definition) is 0. The van der Waals surface area contributed by atoms with E-state index in [1.54, 1.807) is 12.1 Å². The molecule has 2 rings (SSSR count). The Labute approximate surface area is 115 Å². The van der Waals surface area contributed by atoms with Gasteiger partial charge in [0.05, 0.1) is 6.61 Å². The van der Waals surface area contributed by atoms with Gasteiger partial charge in [-0.25, -0.2) is 0 Å². The molecule has 0 bridgehead atoms. The first-order valence-electron chi connectivity index (χ1n) is 5.66. The topological polar surface area (TPSA) is 26.3 Å². The van der Waals surface area contributed by atoms with Gasteiger partial charge in [-0.1, -0.05) is 58.4 Å². The fraction of sp³-hybridized carbons (Fsp3) is 0.133. The van der Waals surface area contributed by atoms with Crippen molar-refractivity contribution < 1.29 is 9.53 Å². The Kier molecular flexibility index (Phi) is 4.67. The van der Waals surface area contributed by atoms with Crippen LogP contribution in [0.5, 0.6) is 0 Å². The summed E-state index contributed by atoms with van der Waals surface area (Å²) < 4.78 is 6.31. The van der Waals surface area contributed by atoms with Crippen molar-refractivity contribution in [3.8, 4) is 0 Å². The molecule has 0 heterocycles. The second-order valence-corrected chi connectivity index (χ2v) is 4.83. The van der Waals surface area contributed by atoms with Crippen LogP contribution in [0.15, 0.2) is 59.1 Å². The third kappa shape index (κ3) is 3.79. The number of Topliss-reactive ketones (excluding diaryl/α,β-unsaturated/α-hetero) is 1. The summed E-state index contributed by atoms with van der Waals surface area (Å²) >= 11 is 3.34. The van der Waals surface area contributed by atoms with Crippen LogP contribution in [0.3, 0.4) is 0 Å². The Morgan fingerprint density at radius 2 is 1.83 bits per heavy atom. The highest BCUT2D eigenvalue weighted by Crippen LogP contribution is 2.12. The zero-order chi connectivity index (χ0) is 12.8. The van der Waals surface area contributed by atoms with Gasteiger partial charge in [0.1, 0.15) is 6.61 Å². The van der Waals surface area contributed by atoms with Gasteiger partial charge in [-0.15, -0.1) is 0 Å². The molecule has 0 saturated carbocycles. The van der Waals surface area contributed by atoms with Crippen molar-refractivity contribution in [3.05, 3.63) is 70.2 Å². The molecule has 0 spiro atoms. The number of benzene rings is 2. The Bertz CT molecular complexity index is 523. The van der Waals surface area contributed by atoms with Crippen molar-refractivity contribution in [2.24, 2.45) is 0 Å². The van der Waals surface area contributed by atoms with Gasteiger partial charge >= 0.3 is 0 Å². The van der Waals surface area contributed by atoms with Crippen molar-refractivity contribution in [2.75, 3.05) is 6.61 Å². The summed E-state index contributed by atoms with van der Waals surface area (Å²) in [6, 6.07) is 17.1. The maximum atomic E-state index is 11.8. The summed E-state index contributed by atoms with van der Waals surface area (Å²) in [4.78, 5) is 11.8. The number of hydrogen-bond acceptors (Lipinski definition) is 2. The lowest BCUT2D eigenvalue weighted by molar-refractivity contribution is 0.0726. The van der Waals surface area contributed by atoms with E-state index in [9.17, 15) is 4.79 Å². The predicted octanol–water partition coefficient (Wildman–Crippen LogP) is 3.85. The van der Waals surface area contributed by atoms with Crippen LogP contribution in [0.2, 0.25) is 0 Å². The average molecular weight is 305 g/mol. The third-order valence-electron chi connectivity index (χ3n) is 2.49. The number of ketones is 1. The van der Waals surface area contributed by atoms with Crippen LogP contribution < -0.4 is 0 Å². The summed E-state index contributed by atoms with van der Waals surface area (Å²) in [6.07, 6.45) is 0. The van der Waals surface area contributed by atoms with Crippen molar-refractivity contribution in [1.29, 1.82) is 0 Å². The summed E-state index contributed by atoms with van der Waals surface area (Å²) in [6.45, 7) is 0.561. The van der Waals surface area contributed by atoms with E-state index in [0.717, 1.165) is 10.0 Å². The highest BCUT2D eigenvalue weighted by Gasteiger charge is 2.06. The van der Waals surface area contributed by atoms with Crippen LogP contribution in [0.1, 0.15) is 15.9 Å². The normalized spacial score (nSPS) is 10.3. The van der Waals surface area contributed by atoms with E-state index in [1.165, 1.54) is 0 Å². The molecule has 0 aliphatic heterocycles. The van der Waals surface area contributed by atoms with E-state index in [-0.39, 0.29) is 12.4 Å². The van der Waals surface area contributed by atoms with Crippen molar-refractivity contribution in [2.45, 2.75) is 6.61 Å². The second-order valence-electron chi connectivity index (χ2n) is 3.91. The predicted molar refractivity (Wildman–Crippen MR) is 74.6 cm³/mol. The van der Waals surface area contributed by atoms with Crippen molar-refractivity contribution in [1.82, 2.24) is 0 Å². The molecule has 0 amide bonds. The average Bonchev–Trinajstić information content (AvgIpc) is 2.40. The molecule has 2 aromatic carbocycles. The highest BCUT2D eigenvalue weighted by molar-refractivity contribution is 9.10. The van der Waals surface area contributed by atoms with Gasteiger partial charge in [-0.05, 0) is 17.7 Å². The number of carbonyl (C=O) groups excluding carboxylic acids is 1. The fourth-order valence-corrected chi connectivity index (χ4v) is 1.98. The maximum absolute atomic E-state index is 11.8. The largest absolute Gasteiger partial charge is 0.369 e. The molecule has 0 saturated heterocycles. The van der Waals surface area contributed by atoms with E-state index in [4.69, 9.17) is 4.74 Å². The van der Waals surface area contributed by atoms with Crippen LogP contribution in [0.4, 0.5) is 0 Å². The van der Waals surface area contributed by atoms with E-state index >= 15 is 0 Å². The van der Waals surface area contributed by atoms with Gasteiger partial charge in [0, 0.05) is 10.0 Å². The van der Waals surface area contributed by atoms with Crippen molar-refractivity contribution in [3.63, 3.8) is 0 Å². The Morgan fingerprint density at radius 1 is 1.06 bits per heavy atom. The first-order valence-corrected chi connectivity index (χ1v) is 6.45. The minimum Gasteiger partial charge on any atom is -0.369 e. The summed E-state index contributed by atoms with van der Waals surface area (Å²) in [5.41, 5.74) is 1.73. The molecule has 0 aromatic heterocycles. The number of ether oxygens (including phenoxy) is 1. The summed E-state index contributed by atoms with van der Waals surface area (Å²) in [7, 11) is 0. The molecule has 0 unspecified atom stereocenters. The van der Waals surface area contributed by atoms with Crippen LogP contribution in [-0.2, 0) is 11.3 Å². The standard InChI is InChI=1S/C15H13BrO2/c16-14-8-4-7-13(9-14)15(17)11-18-10-12-5-2-1-3-6-12/h1-9H,10-11H2. The molecule has 0 radical (unpaired) electrons. The molecule has 92 valence electrons. The van der Waals surface area contributed by atoms with E-state index < -0.39 is 0 Å². The van der Waals surface area contributed by atoms with E-state index in [1.807, 2.05) is 42.5 Å². The molecule has 18 heavy (non-hydrogen) atoms. The van der Waals surface area contributed by atoms with Crippen LogP contribution in [-0.4, -0.2) is 12.4 Å². The Morgan fingerprint density at radius 3 is 2.56 bits per heavy atom. The lowest BCUT2D eigenvalue weighted by Crippen LogP contribution is -2.09. The fourth-order valence-electron chi connectivity index (χ4n) is 1.58. The van der Waals surface area contributed by atoms with E-state index in [0.29, 0.717) is 12.2 Å². The summed E-state index contributed by atoms with van der Waals surface area (Å²) in [5, 5.41) is 0. The SMILES string of the molecule is O=C(COCc1ccccc1)c1cccc(Br)c1. The molecule has 0 aliphatic carbocycles. The lowest BCUT2D eigenvalue weighted by atomic mass is 10.1. The van der Waals surface area contributed by atoms with Gasteiger partial charge in [-0.3, -0.25) is 4.79 Å². The first kappa shape index (κ1) is 13.0. The van der Waals surface area contributed by atoms with Gasteiger partial charge < -0.3 is 4.74 Å². The van der Waals surface area contributed by atoms with Gasteiger partial charge in [-0.2, -0.15) is 0 Å². The number of rotatable bonds is 5. The molecule has 0 fully saturated rings. The van der Waals surface area contributed by atoms with E-state index in [2.05, 4.69) is 15.9 Å². The van der Waals surface area contributed by atoms with Crippen molar-refractivity contribution >= 4 is 21.7 Å². The molecule has 3 heteroatoms. The van der Waals surface area contributed by atoms with Crippen LogP contribution in [0.25, 0.3) is 0 Å². The molecule has 2 aromatic rings. The smallest absolute Gasteiger partial charge is 0.188 e. The number of halogens is 1. The summed E-state index contributed by atoms with van der Waals surface area (Å²) in [5.74, 6) is -0.00719. The molecular weight excluding hydrogens is 292 g/mol. The van der Waals surface area contributed by atoms with Crippen LogP contribution in [0, 0.1) is 0 Å². The molecular formula is C15H13BrO2. The first-order chi connectivity index (χ1) is 8.75. The zero-order valence-electron chi connectivity index (χ0n) is 9.80. The van der Waals surface area contributed by atoms with Gasteiger partial charge in [0.2, 0.25) is 0 Å². The second kappa shape index (κ2) is 6.47. The van der Waals surface area contributed by atoms with Gasteiger partial charge in [0.15, 0.2) is 5.78 Å². The lowest BCUT2D eigenvalue weighted by Gasteiger charge is -2.04. The van der Waals surface area contributed by atoms with Crippen LogP contribution >= 0.6 is 15.9 Å². The Hall–Kier alpha value is -1.45. The third-order valence-corrected chi connectivity index (χ3v) is 2.98. The molecule has 0 aliphatic rings. The van der Waals surface area contributed by atoms with Gasteiger partial charge in [0.25, 0.3) is 0 Å². The minimum atomic E-state index is -0.00719. The highest BCUT2D eigenvalue weighted by atomic mass is 79.9. The maximum Gasteiger partial charge on any atom is 0.188 e. The molecule has 0 atom stereocenters.